The van der Waals surface area contributed by atoms with Gasteiger partial charge in [-0.3, -0.25) is 0 Å². The van der Waals surface area contributed by atoms with Crippen molar-refractivity contribution in [3.8, 4) is 56.7 Å². The number of hydrogen-bond donors (Lipinski definition) is 0. The van der Waals surface area contributed by atoms with Crippen molar-refractivity contribution in [2.75, 3.05) is 0 Å². The van der Waals surface area contributed by atoms with E-state index < -0.39 is 0 Å². The lowest BCUT2D eigenvalue weighted by Crippen LogP contribution is -2.00. The molecular weight excluding hydrogens is 731 g/mol. The summed E-state index contributed by atoms with van der Waals surface area (Å²) in [5, 5.41) is 7.08. The Balaban J connectivity index is 1.07. The van der Waals surface area contributed by atoms with E-state index in [4.69, 9.17) is 15.0 Å². The van der Waals surface area contributed by atoms with E-state index in [1.807, 2.05) is 60.7 Å². The summed E-state index contributed by atoms with van der Waals surface area (Å²) < 4.78 is 4.88. The van der Waals surface area contributed by atoms with Gasteiger partial charge in [0.2, 0.25) is 0 Å². The van der Waals surface area contributed by atoms with Gasteiger partial charge in [0.25, 0.3) is 0 Å². The van der Waals surface area contributed by atoms with Crippen molar-refractivity contribution in [2.24, 2.45) is 0 Å². The molecule has 9 aromatic carbocycles. The summed E-state index contributed by atoms with van der Waals surface area (Å²) in [5.74, 6) is 1.94. The first-order valence-corrected chi connectivity index (χ1v) is 20.3. The predicted octanol–water partition coefficient (Wildman–Crippen LogP) is 13.9. The van der Waals surface area contributed by atoms with Crippen molar-refractivity contribution in [2.45, 2.75) is 0 Å². The van der Waals surface area contributed by atoms with Crippen LogP contribution in [-0.4, -0.2) is 24.1 Å². The molecule has 0 fully saturated rings. The molecule has 5 nitrogen and oxygen atoms in total. The lowest BCUT2D eigenvalue weighted by Gasteiger charge is -2.13. The zero-order valence-electron chi connectivity index (χ0n) is 32.4. The van der Waals surface area contributed by atoms with Crippen LogP contribution in [0, 0.1) is 0 Å². The van der Waals surface area contributed by atoms with Crippen molar-refractivity contribution < 1.29 is 0 Å². The Labute approximate surface area is 346 Å². The Kier molecular flexibility index (Phi) is 7.78. The molecule has 0 saturated heterocycles. The topological polar surface area (TPSA) is 48.5 Å². The minimum absolute atomic E-state index is 0.643. The number of para-hydroxylation sites is 2. The number of fused-ring (bicyclic) bond motifs is 8. The molecule has 0 radical (unpaired) electrons. The summed E-state index contributed by atoms with van der Waals surface area (Å²) in [7, 11) is 0. The summed E-state index contributed by atoms with van der Waals surface area (Å²) in [6.07, 6.45) is 0. The van der Waals surface area contributed by atoms with Gasteiger partial charge < -0.3 is 9.13 Å². The highest BCUT2D eigenvalue weighted by molar-refractivity contribution is 6.26. The van der Waals surface area contributed by atoms with Gasteiger partial charge in [-0.05, 0) is 64.4 Å². The smallest absolute Gasteiger partial charge is 0.164 e. The van der Waals surface area contributed by atoms with E-state index in [-0.39, 0.29) is 0 Å². The van der Waals surface area contributed by atoms with E-state index in [0.717, 1.165) is 49.9 Å². The predicted molar refractivity (Wildman–Crippen MR) is 248 cm³/mol. The van der Waals surface area contributed by atoms with Crippen LogP contribution in [0.15, 0.2) is 212 Å². The van der Waals surface area contributed by atoms with Gasteiger partial charge in [-0.15, -0.1) is 0 Å². The maximum atomic E-state index is 5.08. The lowest BCUT2D eigenvalue weighted by atomic mass is 10.0. The van der Waals surface area contributed by atoms with Crippen molar-refractivity contribution in [1.82, 2.24) is 24.1 Å². The van der Waals surface area contributed by atoms with Gasteiger partial charge in [0.15, 0.2) is 17.5 Å². The SMILES string of the molecule is c1ccc(-c2cccc(-n3c4ccccc4c4ccc5c(c6ccccc6n5-c5ccc6c(-c7nc(-c8ccccc8)nc(-c8ccccc8)n7)cccc6c5)c43)c2)cc1. The maximum Gasteiger partial charge on any atom is 0.164 e. The summed E-state index contributed by atoms with van der Waals surface area (Å²) in [6.45, 7) is 0. The second-order valence-corrected chi connectivity index (χ2v) is 15.2. The quantitative estimate of drug-likeness (QED) is 0.169. The number of aromatic nitrogens is 5. The first kappa shape index (κ1) is 33.9. The second kappa shape index (κ2) is 13.8. The highest BCUT2D eigenvalue weighted by Gasteiger charge is 2.22. The van der Waals surface area contributed by atoms with Crippen molar-refractivity contribution in [3.05, 3.63) is 212 Å². The van der Waals surface area contributed by atoms with E-state index in [0.29, 0.717) is 17.5 Å². The molecule has 0 spiro atoms. The maximum absolute atomic E-state index is 5.08. The zero-order chi connectivity index (χ0) is 39.6. The monoisotopic (exact) mass is 765 g/mol. The Morgan fingerprint density at radius 1 is 0.300 bits per heavy atom. The average Bonchev–Trinajstić information content (AvgIpc) is 3.85. The third-order valence-electron chi connectivity index (χ3n) is 11.7. The highest BCUT2D eigenvalue weighted by Crippen LogP contribution is 2.43. The summed E-state index contributed by atoms with van der Waals surface area (Å²) in [6, 6.07) is 75.2. The molecule has 0 unspecified atom stereocenters. The molecule has 3 heterocycles. The molecule has 0 aliphatic carbocycles. The Morgan fingerprint density at radius 3 is 1.57 bits per heavy atom. The van der Waals surface area contributed by atoms with E-state index >= 15 is 0 Å². The summed E-state index contributed by atoms with van der Waals surface area (Å²) in [4.78, 5) is 15.1. The standard InChI is InChI=1S/C55H35N5/c1-4-16-36(17-5-1)39-22-14-24-41(34-39)60-48-28-12-10-25-44(48)45-32-33-50-51(52(45)60)47-26-11-13-29-49(47)59(50)42-30-31-43-40(35-42)23-15-27-46(43)55-57-53(37-18-6-2-7-19-37)56-54(58-55)38-20-8-3-9-21-38/h1-35H. The Hall–Kier alpha value is -8.15. The van der Waals surface area contributed by atoms with Crippen molar-refractivity contribution in [1.29, 1.82) is 0 Å². The van der Waals surface area contributed by atoms with Gasteiger partial charge in [-0.25, -0.2) is 15.0 Å². The third-order valence-corrected chi connectivity index (χ3v) is 11.7. The normalized spacial score (nSPS) is 11.7. The molecule has 0 atom stereocenters. The van der Waals surface area contributed by atoms with Gasteiger partial charge in [0.1, 0.15) is 0 Å². The van der Waals surface area contributed by atoms with E-state index in [2.05, 4.69) is 161 Å². The molecule has 0 bridgehead atoms. The Morgan fingerprint density at radius 2 is 0.850 bits per heavy atom. The van der Waals surface area contributed by atoms with Crippen LogP contribution in [0.2, 0.25) is 0 Å². The molecule has 0 amide bonds. The first-order chi connectivity index (χ1) is 29.8. The Bertz CT molecular complexity index is 3530. The highest BCUT2D eigenvalue weighted by atomic mass is 15.0. The largest absolute Gasteiger partial charge is 0.309 e. The molecule has 3 aromatic heterocycles. The first-order valence-electron chi connectivity index (χ1n) is 20.3. The fraction of sp³-hybridized carbons (Fsp3) is 0. The zero-order valence-corrected chi connectivity index (χ0v) is 32.4. The number of nitrogens with zero attached hydrogens (tertiary/aromatic N) is 5. The minimum Gasteiger partial charge on any atom is -0.309 e. The molecule has 12 aromatic rings. The average molecular weight is 766 g/mol. The van der Waals surface area contributed by atoms with Crippen LogP contribution >= 0.6 is 0 Å². The van der Waals surface area contributed by atoms with Crippen LogP contribution in [-0.2, 0) is 0 Å². The molecule has 280 valence electrons. The molecule has 0 aliphatic heterocycles. The third kappa shape index (κ3) is 5.44. The summed E-state index contributed by atoms with van der Waals surface area (Å²) in [5.41, 5.74) is 12.2. The van der Waals surface area contributed by atoms with Crippen LogP contribution in [0.5, 0.6) is 0 Å². The fourth-order valence-electron chi connectivity index (χ4n) is 9.04. The fourth-order valence-corrected chi connectivity index (χ4v) is 9.04. The number of benzene rings is 9. The molecular formula is C55H35N5. The molecule has 60 heavy (non-hydrogen) atoms. The van der Waals surface area contributed by atoms with E-state index in [1.165, 1.54) is 43.7 Å². The van der Waals surface area contributed by atoms with Crippen LogP contribution in [0.1, 0.15) is 0 Å². The molecule has 5 heteroatoms. The molecule has 0 aliphatic rings. The van der Waals surface area contributed by atoms with Gasteiger partial charge in [-0.1, -0.05) is 170 Å². The van der Waals surface area contributed by atoms with Gasteiger partial charge in [0.05, 0.1) is 22.1 Å². The van der Waals surface area contributed by atoms with Gasteiger partial charge in [0, 0.05) is 49.6 Å². The van der Waals surface area contributed by atoms with Crippen LogP contribution in [0.25, 0.3) is 111 Å². The summed E-state index contributed by atoms with van der Waals surface area (Å²) >= 11 is 0. The van der Waals surface area contributed by atoms with Crippen molar-refractivity contribution in [3.63, 3.8) is 0 Å². The second-order valence-electron chi connectivity index (χ2n) is 15.2. The number of hydrogen-bond acceptors (Lipinski definition) is 3. The van der Waals surface area contributed by atoms with Gasteiger partial charge in [-0.2, -0.15) is 0 Å². The van der Waals surface area contributed by atoms with Crippen molar-refractivity contribution >= 4 is 54.4 Å². The molecule has 0 saturated carbocycles. The molecule has 0 N–H and O–H groups in total. The van der Waals surface area contributed by atoms with Crippen LogP contribution in [0.4, 0.5) is 0 Å². The van der Waals surface area contributed by atoms with E-state index in [1.54, 1.807) is 0 Å². The molecule has 12 rings (SSSR count). The van der Waals surface area contributed by atoms with E-state index in [9.17, 15) is 0 Å². The number of rotatable bonds is 6. The minimum atomic E-state index is 0.643. The van der Waals surface area contributed by atoms with Gasteiger partial charge >= 0.3 is 0 Å². The lowest BCUT2D eigenvalue weighted by molar-refractivity contribution is 1.08. The van der Waals surface area contributed by atoms with Crippen LogP contribution < -0.4 is 0 Å². The van der Waals surface area contributed by atoms with Crippen LogP contribution in [0.3, 0.4) is 0 Å².